The van der Waals surface area contributed by atoms with Gasteiger partial charge in [0.05, 0.1) is 0 Å². The fourth-order valence-electron chi connectivity index (χ4n) is 4.16. The van der Waals surface area contributed by atoms with Crippen molar-refractivity contribution in [2.45, 2.75) is 57.8 Å². The number of rotatable bonds is 4. The third-order valence-corrected chi connectivity index (χ3v) is 7.19. The summed E-state index contributed by atoms with van der Waals surface area (Å²) < 4.78 is 0. The quantitative estimate of drug-likeness (QED) is 0.751. The summed E-state index contributed by atoms with van der Waals surface area (Å²) in [5, 5.41) is 11.2. The lowest BCUT2D eigenvalue weighted by Crippen LogP contribution is -2.48. The van der Waals surface area contributed by atoms with Crippen LogP contribution in [-0.2, 0) is 0 Å². The minimum atomic E-state index is 0.134. The Morgan fingerprint density at radius 2 is 1.68 bits per heavy atom. The number of aromatic nitrogens is 2. The van der Waals surface area contributed by atoms with Crippen LogP contribution in [0.3, 0.4) is 0 Å². The van der Waals surface area contributed by atoms with Crippen molar-refractivity contribution in [1.82, 2.24) is 15.1 Å². The number of hydrogen-bond donors (Lipinski definition) is 0. The Bertz CT molecular complexity index is 787. The van der Waals surface area contributed by atoms with Crippen LogP contribution in [0.25, 0.3) is 0 Å². The molecule has 1 aromatic carbocycles. The lowest BCUT2D eigenvalue weighted by atomic mass is 9.90. The van der Waals surface area contributed by atoms with Gasteiger partial charge in [-0.2, -0.15) is 0 Å². The second-order valence-electron chi connectivity index (χ2n) is 8.31. The van der Waals surface area contributed by atoms with Crippen LogP contribution in [0.15, 0.2) is 24.3 Å². The topological polar surface area (TPSA) is 49.3 Å². The molecule has 1 aliphatic heterocycles. The van der Waals surface area contributed by atoms with E-state index in [0.29, 0.717) is 11.8 Å². The van der Waals surface area contributed by atoms with E-state index in [1.54, 1.807) is 11.3 Å². The predicted molar refractivity (Wildman–Crippen MR) is 114 cm³/mol. The molecule has 0 atom stereocenters. The van der Waals surface area contributed by atoms with E-state index in [2.05, 4.69) is 41.1 Å². The molecule has 0 bridgehead atoms. The van der Waals surface area contributed by atoms with Gasteiger partial charge in [-0.05, 0) is 36.5 Å². The molecule has 1 aromatic heterocycles. The van der Waals surface area contributed by atoms with E-state index in [0.717, 1.165) is 36.9 Å². The molecule has 2 fully saturated rings. The highest BCUT2D eigenvalue weighted by Crippen LogP contribution is 2.36. The number of hydrogen-bond acceptors (Lipinski definition) is 5. The highest BCUT2D eigenvalue weighted by atomic mass is 32.1. The van der Waals surface area contributed by atoms with E-state index in [-0.39, 0.29) is 5.91 Å². The van der Waals surface area contributed by atoms with Crippen molar-refractivity contribution in [2.24, 2.45) is 0 Å². The number of piperazine rings is 1. The first-order chi connectivity index (χ1) is 13.6. The Balaban J connectivity index is 1.34. The van der Waals surface area contributed by atoms with Crippen LogP contribution in [0, 0.1) is 0 Å². The van der Waals surface area contributed by atoms with E-state index in [1.165, 1.54) is 42.7 Å². The lowest BCUT2D eigenvalue weighted by molar-refractivity contribution is 0.0746. The Labute approximate surface area is 171 Å². The molecule has 0 N–H and O–H groups in total. The Morgan fingerprint density at radius 1 is 1.00 bits per heavy atom. The predicted octanol–water partition coefficient (Wildman–Crippen LogP) is 4.67. The van der Waals surface area contributed by atoms with Gasteiger partial charge in [-0.25, -0.2) is 0 Å². The summed E-state index contributed by atoms with van der Waals surface area (Å²) in [6.07, 6.45) is 6.51. The largest absolute Gasteiger partial charge is 0.343 e. The first-order valence-corrected chi connectivity index (χ1v) is 11.4. The molecule has 5 nitrogen and oxygen atoms in total. The first-order valence-electron chi connectivity index (χ1n) is 10.6. The molecule has 0 spiro atoms. The zero-order valence-corrected chi connectivity index (χ0v) is 17.7. The molecule has 2 aromatic rings. The summed E-state index contributed by atoms with van der Waals surface area (Å²) >= 11 is 1.76. The van der Waals surface area contributed by atoms with Gasteiger partial charge >= 0.3 is 0 Å². The van der Waals surface area contributed by atoms with E-state index in [1.807, 2.05) is 17.0 Å². The maximum Gasteiger partial charge on any atom is 0.253 e. The van der Waals surface area contributed by atoms with Crippen molar-refractivity contribution >= 4 is 22.4 Å². The molecule has 1 saturated carbocycles. The summed E-state index contributed by atoms with van der Waals surface area (Å²) in [6, 6.07) is 8.07. The van der Waals surface area contributed by atoms with Gasteiger partial charge < -0.3 is 9.80 Å². The molecule has 1 amide bonds. The normalized spacial score (nSPS) is 18.7. The maximum absolute atomic E-state index is 12.8. The molecule has 0 radical (unpaired) electrons. The molecule has 28 heavy (non-hydrogen) atoms. The third-order valence-electron chi connectivity index (χ3n) is 6.05. The SMILES string of the molecule is CC(C)c1ccc(C(=O)N2CCN(c3nnc(C4CCCCC4)s3)CC2)cc1. The number of nitrogens with zero attached hydrogens (tertiary/aromatic N) is 4. The van der Waals surface area contributed by atoms with Crippen molar-refractivity contribution in [2.75, 3.05) is 31.1 Å². The first kappa shape index (κ1) is 19.4. The van der Waals surface area contributed by atoms with Gasteiger partial charge in [0, 0.05) is 37.7 Å². The highest BCUT2D eigenvalue weighted by Gasteiger charge is 2.26. The number of carbonyl (C=O) groups is 1. The molecule has 1 aliphatic carbocycles. The highest BCUT2D eigenvalue weighted by molar-refractivity contribution is 7.15. The molecular formula is C22H30N4OS. The fourth-order valence-corrected chi connectivity index (χ4v) is 5.23. The molecule has 4 rings (SSSR count). The third kappa shape index (κ3) is 4.22. The summed E-state index contributed by atoms with van der Waals surface area (Å²) in [5.74, 6) is 1.23. The van der Waals surface area contributed by atoms with E-state index in [4.69, 9.17) is 0 Å². The Morgan fingerprint density at radius 3 is 2.32 bits per heavy atom. The maximum atomic E-state index is 12.8. The summed E-state index contributed by atoms with van der Waals surface area (Å²) in [4.78, 5) is 17.1. The van der Waals surface area contributed by atoms with Gasteiger partial charge in [0.25, 0.3) is 5.91 Å². The standard InChI is InChI=1S/C22H30N4OS/c1-16(2)17-8-10-19(11-9-17)21(27)25-12-14-26(15-13-25)22-24-23-20(28-22)18-6-4-3-5-7-18/h8-11,16,18H,3-7,12-15H2,1-2H3. The molecule has 6 heteroatoms. The number of benzene rings is 1. The fraction of sp³-hybridized carbons (Fsp3) is 0.591. The number of carbonyl (C=O) groups excluding carboxylic acids is 1. The number of amides is 1. The average Bonchev–Trinajstić information content (AvgIpc) is 3.24. The summed E-state index contributed by atoms with van der Waals surface area (Å²) in [7, 11) is 0. The summed E-state index contributed by atoms with van der Waals surface area (Å²) in [5.41, 5.74) is 2.06. The van der Waals surface area contributed by atoms with Crippen LogP contribution in [0.2, 0.25) is 0 Å². The van der Waals surface area contributed by atoms with Gasteiger partial charge in [-0.15, -0.1) is 10.2 Å². The van der Waals surface area contributed by atoms with Gasteiger partial charge in [0.2, 0.25) is 5.13 Å². The minimum Gasteiger partial charge on any atom is -0.343 e. The van der Waals surface area contributed by atoms with Crippen LogP contribution in [0.1, 0.15) is 78.7 Å². The van der Waals surface area contributed by atoms with Gasteiger partial charge in [0.15, 0.2) is 0 Å². The zero-order chi connectivity index (χ0) is 19.5. The van der Waals surface area contributed by atoms with Crippen molar-refractivity contribution in [3.05, 3.63) is 40.4 Å². The van der Waals surface area contributed by atoms with Crippen molar-refractivity contribution in [3.8, 4) is 0 Å². The van der Waals surface area contributed by atoms with E-state index < -0.39 is 0 Å². The number of anilines is 1. The summed E-state index contributed by atoms with van der Waals surface area (Å²) in [6.45, 7) is 7.48. The molecular weight excluding hydrogens is 368 g/mol. The van der Waals surface area contributed by atoms with Crippen LogP contribution in [0.5, 0.6) is 0 Å². The molecule has 2 heterocycles. The minimum absolute atomic E-state index is 0.134. The van der Waals surface area contributed by atoms with Crippen molar-refractivity contribution in [1.29, 1.82) is 0 Å². The van der Waals surface area contributed by atoms with Gasteiger partial charge in [0.1, 0.15) is 5.01 Å². The molecule has 1 saturated heterocycles. The zero-order valence-electron chi connectivity index (χ0n) is 16.9. The van der Waals surface area contributed by atoms with Gasteiger partial charge in [-0.1, -0.05) is 56.6 Å². The Hall–Kier alpha value is -1.95. The van der Waals surface area contributed by atoms with Crippen LogP contribution < -0.4 is 4.90 Å². The lowest BCUT2D eigenvalue weighted by Gasteiger charge is -2.34. The molecule has 2 aliphatic rings. The molecule has 150 valence electrons. The van der Waals surface area contributed by atoms with E-state index in [9.17, 15) is 4.79 Å². The van der Waals surface area contributed by atoms with Crippen molar-refractivity contribution in [3.63, 3.8) is 0 Å². The average molecular weight is 399 g/mol. The Kier molecular flexibility index (Phi) is 5.95. The van der Waals surface area contributed by atoms with Crippen molar-refractivity contribution < 1.29 is 4.79 Å². The second-order valence-corrected chi connectivity index (χ2v) is 9.30. The second kappa shape index (κ2) is 8.60. The smallest absolute Gasteiger partial charge is 0.253 e. The van der Waals surface area contributed by atoms with Crippen LogP contribution >= 0.6 is 11.3 Å². The van der Waals surface area contributed by atoms with Crippen LogP contribution in [0.4, 0.5) is 5.13 Å². The van der Waals surface area contributed by atoms with E-state index >= 15 is 0 Å². The van der Waals surface area contributed by atoms with Crippen LogP contribution in [-0.4, -0.2) is 47.2 Å². The monoisotopic (exact) mass is 398 g/mol. The van der Waals surface area contributed by atoms with Gasteiger partial charge in [-0.3, -0.25) is 4.79 Å². The molecule has 0 unspecified atom stereocenters.